The van der Waals surface area contributed by atoms with Crippen LogP contribution in [-0.4, -0.2) is 71.4 Å². The molecule has 0 unspecified atom stereocenters. The Morgan fingerprint density at radius 2 is 1.80 bits per heavy atom. The highest BCUT2D eigenvalue weighted by Crippen LogP contribution is 2.31. The molecule has 0 radical (unpaired) electrons. The first-order valence-corrected chi connectivity index (χ1v) is 11.2. The third kappa shape index (κ3) is 4.37. The zero-order valence-electron chi connectivity index (χ0n) is 17.7. The predicted molar refractivity (Wildman–Crippen MR) is 118 cm³/mol. The van der Waals surface area contributed by atoms with E-state index in [0.29, 0.717) is 25.9 Å². The number of nitrogens with zero attached hydrogens (tertiary/aromatic N) is 2. The lowest BCUT2D eigenvalue weighted by molar-refractivity contribution is -0.135. The Labute approximate surface area is 178 Å². The Kier molecular flexibility index (Phi) is 6.39. The van der Waals surface area contributed by atoms with Gasteiger partial charge in [-0.1, -0.05) is 24.6 Å². The van der Waals surface area contributed by atoms with Crippen LogP contribution in [0.2, 0.25) is 0 Å². The van der Waals surface area contributed by atoms with Crippen LogP contribution in [0.25, 0.3) is 10.9 Å². The molecule has 2 fully saturated rings. The molecule has 1 aromatic heterocycles. The van der Waals surface area contributed by atoms with Crippen molar-refractivity contribution in [1.29, 1.82) is 0 Å². The second-order valence-corrected chi connectivity index (χ2v) is 8.68. The third-order valence-corrected chi connectivity index (χ3v) is 6.86. The normalized spacial score (nSPS) is 20.3. The molecule has 162 valence electrons. The van der Waals surface area contributed by atoms with E-state index in [-0.39, 0.29) is 11.8 Å². The maximum absolute atomic E-state index is 12.4. The van der Waals surface area contributed by atoms with E-state index in [1.54, 1.807) is 0 Å². The zero-order chi connectivity index (χ0) is 21.0. The molecule has 2 aliphatic heterocycles. The van der Waals surface area contributed by atoms with Crippen LogP contribution in [-0.2, 0) is 16.0 Å². The first-order chi connectivity index (χ1) is 14.6. The van der Waals surface area contributed by atoms with Gasteiger partial charge in [0.2, 0.25) is 11.8 Å². The third-order valence-electron chi connectivity index (χ3n) is 6.86. The van der Waals surface area contributed by atoms with Crippen molar-refractivity contribution in [3.8, 4) is 0 Å². The van der Waals surface area contributed by atoms with Crippen LogP contribution in [0.3, 0.4) is 0 Å². The predicted octanol–water partition coefficient (Wildman–Crippen LogP) is 1.63. The molecule has 1 aromatic carbocycles. The second-order valence-electron chi connectivity index (χ2n) is 8.68. The van der Waals surface area contributed by atoms with Crippen LogP contribution >= 0.6 is 0 Å². The molecule has 0 spiro atoms. The summed E-state index contributed by atoms with van der Waals surface area (Å²) in [5.41, 5.74) is 7.67. The minimum absolute atomic E-state index is 0.0411. The van der Waals surface area contributed by atoms with Crippen molar-refractivity contribution in [1.82, 2.24) is 20.1 Å². The van der Waals surface area contributed by atoms with Crippen molar-refractivity contribution in [3.63, 3.8) is 0 Å². The molecule has 2 aliphatic rings. The first kappa shape index (κ1) is 20.9. The monoisotopic (exact) mass is 411 g/mol. The molecule has 0 saturated carbocycles. The number of amides is 2. The number of aromatic nitrogens is 1. The van der Waals surface area contributed by atoms with Gasteiger partial charge in [-0.2, -0.15) is 0 Å². The zero-order valence-corrected chi connectivity index (χ0v) is 17.7. The summed E-state index contributed by atoms with van der Waals surface area (Å²) < 4.78 is 0. The molecular formula is C23H33N5O2. The Morgan fingerprint density at radius 3 is 2.53 bits per heavy atom. The summed E-state index contributed by atoms with van der Waals surface area (Å²) in [6.07, 6.45) is 7.75. The molecular weight excluding hydrogens is 378 g/mol. The number of nitrogens with two attached hydrogens (primary N) is 1. The van der Waals surface area contributed by atoms with Crippen molar-refractivity contribution in [2.45, 2.75) is 44.1 Å². The molecule has 7 heteroatoms. The molecule has 2 amide bonds. The van der Waals surface area contributed by atoms with Crippen LogP contribution < -0.4 is 11.1 Å². The van der Waals surface area contributed by atoms with Gasteiger partial charge >= 0.3 is 0 Å². The number of rotatable bonds is 7. The standard InChI is InChI=1S/C23H33N5O2/c24-22(30)23(28-12-4-1-5-13-28)9-14-27(15-10-23)17-21(29)25-11-8-18-16-26-20-7-3-2-6-19(18)20/h2-3,6-7,16,26H,1,4-5,8-15,17H2,(H2,24,30)(H,25,29). The average Bonchev–Trinajstić information content (AvgIpc) is 3.18. The Hall–Kier alpha value is -2.38. The molecule has 0 bridgehead atoms. The van der Waals surface area contributed by atoms with Crippen molar-refractivity contribution in [3.05, 3.63) is 36.0 Å². The van der Waals surface area contributed by atoms with E-state index in [4.69, 9.17) is 5.73 Å². The number of fused-ring (bicyclic) bond motifs is 1. The molecule has 2 aromatic rings. The maximum Gasteiger partial charge on any atom is 0.238 e. The van der Waals surface area contributed by atoms with Gasteiger partial charge in [0.05, 0.1) is 6.54 Å². The minimum Gasteiger partial charge on any atom is -0.368 e. The highest BCUT2D eigenvalue weighted by Gasteiger charge is 2.45. The molecule has 2 saturated heterocycles. The Balaban J connectivity index is 1.24. The number of H-pyrrole nitrogens is 1. The summed E-state index contributed by atoms with van der Waals surface area (Å²) in [7, 11) is 0. The van der Waals surface area contributed by atoms with Crippen molar-refractivity contribution >= 4 is 22.7 Å². The molecule has 30 heavy (non-hydrogen) atoms. The lowest BCUT2D eigenvalue weighted by atomic mass is 9.83. The Morgan fingerprint density at radius 1 is 1.07 bits per heavy atom. The summed E-state index contributed by atoms with van der Waals surface area (Å²) in [6, 6.07) is 8.21. The lowest BCUT2D eigenvalue weighted by Gasteiger charge is -2.48. The SMILES string of the molecule is NC(=O)C1(N2CCCCC2)CCN(CC(=O)NCCc2c[nH]c3ccccc23)CC1. The van der Waals surface area contributed by atoms with E-state index in [0.717, 1.165) is 51.0 Å². The summed E-state index contributed by atoms with van der Waals surface area (Å²) in [5.74, 6) is -0.161. The van der Waals surface area contributed by atoms with Gasteiger partial charge < -0.3 is 16.0 Å². The summed E-state index contributed by atoms with van der Waals surface area (Å²) >= 11 is 0. The molecule has 3 heterocycles. The summed E-state index contributed by atoms with van der Waals surface area (Å²) in [6.45, 7) is 4.37. The van der Waals surface area contributed by atoms with E-state index in [1.807, 2.05) is 18.3 Å². The van der Waals surface area contributed by atoms with Crippen LogP contribution in [0.1, 0.15) is 37.7 Å². The van der Waals surface area contributed by atoms with E-state index < -0.39 is 5.54 Å². The van der Waals surface area contributed by atoms with Gasteiger partial charge in [-0.15, -0.1) is 0 Å². The van der Waals surface area contributed by atoms with Gasteiger partial charge in [-0.3, -0.25) is 19.4 Å². The fourth-order valence-electron chi connectivity index (χ4n) is 5.06. The summed E-state index contributed by atoms with van der Waals surface area (Å²) in [4.78, 5) is 32.5. The van der Waals surface area contributed by atoms with E-state index >= 15 is 0 Å². The Bertz CT molecular complexity index is 879. The fraction of sp³-hybridized carbons (Fsp3) is 0.565. The van der Waals surface area contributed by atoms with Crippen LogP contribution in [0, 0.1) is 0 Å². The molecule has 0 aliphatic carbocycles. The number of nitrogens with one attached hydrogen (secondary N) is 2. The number of aromatic amines is 1. The topological polar surface area (TPSA) is 94.5 Å². The first-order valence-electron chi connectivity index (χ1n) is 11.2. The molecule has 7 nitrogen and oxygen atoms in total. The van der Waals surface area contributed by atoms with E-state index in [9.17, 15) is 9.59 Å². The smallest absolute Gasteiger partial charge is 0.238 e. The van der Waals surface area contributed by atoms with Crippen LogP contribution in [0.15, 0.2) is 30.5 Å². The number of primary amides is 1. The molecule has 4 rings (SSSR count). The fourth-order valence-corrected chi connectivity index (χ4v) is 5.06. The van der Waals surface area contributed by atoms with Crippen molar-refractivity contribution in [2.24, 2.45) is 5.73 Å². The number of hydrogen-bond donors (Lipinski definition) is 3. The highest BCUT2D eigenvalue weighted by atomic mass is 16.2. The largest absolute Gasteiger partial charge is 0.368 e. The summed E-state index contributed by atoms with van der Waals surface area (Å²) in [5, 5.41) is 4.25. The van der Waals surface area contributed by atoms with Gasteiger partial charge in [0, 0.05) is 36.7 Å². The number of piperidine rings is 2. The van der Waals surface area contributed by atoms with E-state index in [2.05, 4.69) is 32.2 Å². The van der Waals surface area contributed by atoms with Gasteiger partial charge in [-0.25, -0.2) is 0 Å². The lowest BCUT2D eigenvalue weighted by Crippen LogP contribution is -2.63. The maximum atomic E-state index is 12.4. The number of likely N-dealkylation sites (tertiary alicyclic amines) is 2. The van der Waals surface area contributed by atoms with Crippen LogP contribution in [0.4, 0.5) is 0 Å². The van der Waals surface area contributed by atoms with Crippen LogP contribution in [0.5, 0.6) is 0 Å². The van der Waals surface area contributed by atoms with Gasteiger partial charge in [0.15, 0.2) is 0 Å². The number of hydrogen-bond acceptors (Lipinski definition) is 4. The quantitative estimate of drug-likeness (QED) is 0.645. The van der Waals surface area contributed by atoms with Gasteiger partial charge in [-0.05, 0) is 56.8 Å². The van der Waals surface area contributed by atoms with Crippen molar-refractivity contribution in [2.75, 3.05) is 39.3 Å². The minimum atomic E-state index is -0.525. The molecule has 0 atom stereocenters. The van der Waals surface area contributed by atoms with Gasteiger partial charge in [0.25, 0.3) is 0 Å². The van der Waals surface area contributed by atoms with E-state index in [1.165, 1.54) is 17.4 Å². The van der Waals surface area contributed by atoms with Gasteiger partial charge in [0.1, 0.15) is 5.54 Å². The number of para-hydroxylation sites is 1. The average molecular weight is 412 g/mol. The number of benzene rings is 1. The second kappa shape index (κ2) is 9.18. The highest BCUT2D eigenvalue weighted by molar-refractivity contribution is 5.85. The molecule has 4 N–H and O–H groups in total. The number of carbonyl (C=O) groups is 2. The van der Waals surface area contributed by atoms with Crippen molar-refractivity contribution < 1.29 is 9.59 Å². The number of carbonyl (C=O) groups excluding carboxylic acids is 2.